The first-order valence-corrected chi connectivity index (χ1v) is 7.81. The third kappa shape index (κ3) is 5.49. The van der Waals surface area contributed by atoms with Gasteiger partial charge in [-0.3, -0.25) is 0 Å². The number of carbonyl (C=O) groups is 1. The largest absolute Gasteiger partial charge is 0.469 e. The van der Waals surface area contributed by atoms with Gasteiger partial charge in [-0.2, -0.15) is 0 Å². The van der Waals surface area contributed by atoms with Crippen molar-refractivity contribution < 1.29 is 22.7 Å². The predicted molar refractivity (Wildman–Crippen MR) is 81.6 cm³/mol. The molecule has 1 aliphatic carbocycles. The van der Waals surface area contributed by atoms with Crippen LogP contribution in [-0.2, 0) is 11.2 Å². The van der Waals surface area contributed by atoms with Crippen molar-refractivity contribution in [3.8, 4) is 0 Å². The molecule has 0 saturated carbocycles. The highest BCUT2D eigenvalue weighted by Crippen LogP contribution is 2.30. The zero-order valence-corrected chi connectivity index (χ0v) is 13.7. The fourth-order valence-corrected chi connectivity index (χ4v) is 2.55. The molecule has 1 aliphatic rings. The molecule has 0 spiro atoms. The van der Waals surface area contributed by atoms with Gasteiger partial charge in [-0.1, -0.05) is 0 Å². The number of fused-ring (bicyclic) bond motifs is 1. The molecule has 5 nitrogen and oxygen atoms in total. The van der Waals surface area contributed by atoms with Gasteiger partial charge in [0, 0.05) is 18.0 Å². The Morgan fingerprint density at radius 3 is 2.83 bits per heavy atom. The maximum atomic E-state index is 13.9. The summed E-state index contributed by atoms with van der Waals surface area (Å²) in [6.45, 7) is 3.76. The van der Waals surface area contributed by atoms with Gasteiger partial charge in [-0.05, 0) is 39.7 Å². The Bertz CT molecular complexity index is 538. The van der Waals surface area contributed by atoms with Crippen LogP contribution in [0.3, 0.4) is 0 Å². The van der Waals surface area contributed by atoms with Crippen molar-refractivity contribution in [1.82, 2.24) is 10.6 Å². The number of hydrogen-bond acceptors (Lipinski definition) is 4. The van der Waals surface area contributed by atoms with Crippen molar-refractivity contribution in [3.05, 3.63) is 23.7 Å². The summed E-state index contributed by atoms with van der Waals surface area (Å²) in [7, 11) is 0. The molecule has 1 aromatic heterocycles. The van der Waals surface area contributed by atoms with Gasteiger partial charge in [0.2, 0.25) is 0 Å². The van der Waals surface area contributed by atoms with Gasteiger partial charge in [-0.25, -0.2) is 13.6 Å². The summed E-state index contributed by atoms with van der Waals surface area (Å²) in [5.41, 5.74) is 0.240. The molecular formula is C16H24F2N2O3. The molecule has 0 fully saturated rings. The van der Waals surface area contributed by atoms with E-state index in [1.165, 1.54) is 0 Å². The SMILES string of the molecule is CC(C)(C)OC(=O)NCC(F)(F)CNC1CCCc2occc21. The molecule has 2 rings (SSSR count). The Kier molecular flexibility index (Phi) is 5.29. The highest BCUT2D eigenvalue weighted by molar-refractivity contribution is 5.67. The van der Waals surface area contributed by atoms with E-state index in [9.17, 15) is 13.6 Å². The minimum absolute atomic E-state index is 0.134. The first kappa shape index (κ1) is 17.7. The molecule has 1 aromatic rings. The van der Waals surface area contributed by atoms with E-state index in [0.717, 1.165) is 30.6 Å². The predicted octanol–water partition coefficient (Wildman–Crippen LogP) is 3.41. The van der Waals surface area contributed by atoms with E-state index in [2.05, 4.69) is 10.6 Å². The van der Waals surface area contributed by atoms with Crippen molar-refractivity contribution in [2.24, 2.45) is 0 Å². The summed E-state index contributed by atoms with van der Waals surface area (Å²) in [5, 5.41) is 4.99. The molecule has 2 N–H and O–H groups in total. The van der Waals surface area contributed by atoms with Gasteiger partial charge >= 0.3 is 6.09 Å². The van der Waals surface area contributed by atoms with E-state index in [0.29, 0.717) is 0 Å². The van der Waals surface area contributed by atoms with Crippen molar-refractivity contribution in [2.45, 2.75) is 57.6 Å². The molecule has 0 bridgehead atoms. The monoisotopic (exact) mass is 330 g/mol. The van der Waals surface area contributed by atoms with Crippen LogP contribution in [0.5, 0.6) is 0 Å². The van der Waals surface area contributed by atoms with E-state index >= 15 is 0 Å². The zero-order chi connectivity index (χ0) is 17.1. The Morgan fingerprint density at radius 1 is 1.39 bits per heavy atom. The van der Waals surface area contributed by atoms with Crippen LogP contribution in [0.4, 0.5) is 13.6 Å². The van der Waals surface area contributed by atoms with Gasteiger partial charge in [0.15, 0.2) is 0 Å². The van der Waals surface area contributed by atoms with E-state index in [1.54, 1.807) is 27.0 Å². The summed E-state index contributed by atoms with van der Waals surface area (Å²) >= 11 is 0. The number of rotatable bonds is 5. The van der Waals surface area contributed by atoms with E-state index in [1.807, 2.05) is 6.07 Å². The maximum Gasteiger partial charge on any atom is 0.407 e. The standard InChI is InChI=1S/C16H24F2N2O3/c1-15(2,3)23-14(21)20-10-16(17,18)9-19-12-5-4-6-13-11(12)7-8-22-13/h7-8,12,19H,4-6,9-10H2,1-3H3,(H,20,21). The maximum absolute atomic E-state index is 13.9. The van der Waals surface area contributed by atoms with Crippen LogP contribution < -0.4 is 10.6 Å². The zero-order valence-electron chi connectivity index (χ0n) is 13.7. The summed E-state index contributed by atoms with van der Waals surface area (Å²) in [4.78, 5) is 11.4. The van der Waals surface area contributed by atoms with Crippen molar-refractivity contribution in [2.75, 3.05) is 13.1 Å². The summed E-state index contributed by atoms with van der Waals surface area (Å²) in [6.07, 6.45) is 3.29. The first-order valence-electron chi connectivity index (χ1n) is 7.81. The number of furan rings is 1. The van der Waals surface area contributed by atoms with Crippen molar-refractivity contribution >= 4 is 6.09 Å². The number of hydrogen-bond donors (Lipinski definition) is 2. The van der Waals surface area contributed by atoms with Gasteiger partial charge in [-0.15, -0.1) is 0 Å². The lowest BCUT2D eigenvalue weighted by Crippen LogP contribution is -2.45. The van der Waals surface area contributed by atoms with Crippen molar-refractivity contribution in [3.63, 3.8) is 0 Å². The number of carbonyl (C=O) groups excluding carboxylic acids is 1. The lowest BCUT2D eigenvalue weighted by molar-refractivity contribution is -0.00605. The quantitative estimate of drug-likeness (QED) is 0.868. The van der Waals surface area contributed by atoms with Gasteiger partial charge in [0.25, 0.3) is 5.92 Å². The lowest BCUT2D eigenvalue weighted by Gasteiger charge is -2.26. The minimum Gasteiger partial charge on any atom is -0.469 e. The number of alkyl halides is 2. The average molecular weight is 330 g/mol. The lowest BCUT2D eigenvalue weighted by atomic mass is 9.93. The second-order valence-corrected chi connectivity index (χ2v) is 6.84. The second-order valence-electron chi connectivity index (χ2n) is 6.84. The molecule has 0 aromatic carbocycles. The molecule has 7 heteroatoms. The van der Waals surface area contributed by atoms with Crippen LogP contribution in [0.1, 0.15) is 51.0 Å². The first-order chi connectivity index (χ1) is 10.7. The Labute approximate surface area is 134 Å². The van der Waals surface area contributed by atoms with Gasteiger partial charge < -0.3 is 19.8 Å². The van der Waals surface area contributed by atoms with E-state index in [-0.39, 0.29) is 6.04 Å². The Hall–Kier alpha value is -1.63. The third-order valence-corrected chi connectivity index (χ3v) is 3.55. The number of aryl methyl sites for hydroxylation is 1. The average Bonchev–Trinajstić information content (AvgIpc) is 2.90. The molecule has 0 aliphatic heterocycles. The number of nitrogens with one attached hydrogen (secondary N) is 2. The molecule has 1 unspecified atom stereocenters. The molecule has 1 atom stereocenters. The topological polar surface area (TPSA) is 63.5 Å². The third-order valence-electron chi connectivity index (χ3n) is 3.55. The highest BCUT2D eigenvalue weighted by Gasteiger charge is 2.32. The number of alkyl carbamates (subject to hydrolysis) is 1. The van der Waals surface area contributed by atoms with Gasteiger partial charge in [0.1, 0.15) is 11.4 Å². The molecule has 0 saturated heterocycles. The minimum atomic E-state index is -3.06. The van der Waals surface area contributed by atoms with Crippen LogP contribution in [0.2, 0.25) is 0 Å². The second kappa shape index (κ2) is 6.86. The van der Waals surface area contributed by atoms with E-state index in [4.69, 9.17) is 9.15 Å². The van der Waals surface area contributed by atoms with Crippen LogP contribution in [0, 0.1) is 0 Å². The molecule has 23 heavy (non-hydrogen) atoms. The van der Waals surface area contributed by atoms with E-state index < -0.39 is 30.7 Å². The number of ether oxygens (including phenoxy) is 1. The molecular weight excluding hydrogens is 306 g/mol. The van der Waals surface area contributed by atoms with Crippen molar-refractivity contribution in [1.29, 1.82) is 0 Å². The summed E-state index contributed by atoms with van der Waals surface area (Å²) in [5.74, 6) is -2.19. The smallest absolute Gasteiger partial charge is 0.407 e. The molecule has 0 radical (unpaired) electrons. The Morgan fingerprint density at radius 2 is 2.13 bits per heavy atom. The fourth-order valence-electron chi connectivity index (χ4n) is 2.55. The van der Waals surface area contributed by atoms with Gasteiger partial charge in [0.05, 0.1) is 19.4 Å². The molecule has 130 valence electrons. The van der Waals surface area contributed by atoms with Crippen LogP contribution in [-0.4, -0.2) is 30.7 Å². The Balaban J connectivity index is 1.80. The summed E-state index contributed by atoms with van der Waals surface area (Å²) in [6, 6.07) is 1.69. The van der Waals surface area contributed by atoms with Crippen LogP contribution in [0.25, 0.3) is 0 Å². The van der Waals surface area contributed by atoms with Crippen LogP contribution >= 0.6 is 0 Å². The molecule has 1 heterocycles. The highest BCUT2D eigenvalue weighted by atomic mass is 19.3. The number of halogens is 2. The molecule has 1 amide bonds. The normalized spacial score (nSPS) is 18.4. The van der Waals surface area contributed by atoms with Crippen LogP contribution in [0.15, 0.2) is 16.7 Å². The summed E-state index contributed by atoms with van der Waals surface area (Å²) < 4.78 is 38.1. The number of amides is 1. The fraction of sp³-hybridized carbons (Fsp3) is 0.688.